The summed E-state index contributed by atoms with van der Waals surface area (Å²) in [5.74, 6) is -0.736. The Hall–Kier alpha value is -2.58. The molecule has 0 spiro atoms. The van der Waals surface area contributed by atoms with E-state index < -0.39 is 28.5 Å². The highest BCUT2D eigenvalue weighted by atomic mass is 35.5. The van der Waals surface area contributed by atoms with E-state index in [1.165, 1.54) is 4.90 Å². The van der Waals surface area contributed by atoms with Gasteiger partial charge in [-0.15, -0.1) is 0 Å². The molecule has 0 aliphatic carbocycles. The molecular weight excluding hydrogens is 450 g/mol. The zero-order valence-electron chi connectivity index (χ0n) is 18.8. The number of halogens is 1. The predicted molar refractivity (Wildman–Crippen MR) is 128 cm³/mol. The number of sulfonamides is 1. The summed E-state index contributed by atoms with van der Waals surface area (Å²) in [6.07, 6.45) is 1.44. The van der Waals surface area contributed by atoms with Crippen LogP contribution in [0.25, 0.3) is 0 Å². The third-order valence-corrected chi connectivity index (χ3v) is 6.40. The number of carbonyl (C=O) groups is 2. The number of aryl methyl sites for hydroxylation is 1. The Balaban J connectivity index is 2.44. The van der Waals surface area contributed by atoms with E-state index in [1.54, 1.807) is 25.1 Å². The third kappa shape index (κ3) is 6.71. The zero-order valence-corrected chi connectivity index (χ0v) is 20.4. The molecule has 0 radical (unpaired) electrons. The average Bonchev–Trinajstić information content (AvgIpc) is 2.72. The topological polar surface area (TPSA) is 86.8 Å². The summed E-state index contributed by atoms with van der Waals surface area (Å²) in [6, 6.07) is 13.4. The van der Waals surface area contributed by atoms with Crippen LogP contribution in [0.3, 0.4) is 0 Å². The molecule has 0 bridgehead atoms. The van der Waals surface area contributed by atoms with Gasteiger partial charge in [-0.1, -0.05) is 48.9 Å². The lowest BCUT2D eigenvalue weighted by atomic mass is 10.1. The van der Waals surface area contributed by atoms with Gasteiger partial charge in [-0.25, -0.2) is 8.42 Å². The minimum Gasteiger partial charge on any atom is -0.355 e. The Labute approximate surface area is 195 Å². The van der Waals surface area contributed by atoms with Crippen LogP contribution in [0.1, 0.15) is 31.4 Å². The molecule has 174 valence electrons. The van der Waals surface area contributed by atoms with E-state index in [9.17, 15) is 18.0 Å². The number of hydrogen-bond donors (Lipinski definition) is 1. The second kappa shape index (κ2) is 11.3. The Morgan fingerprint density at radius 2 is 1.75 bits per heavy atom. The minimum absolute atomic E-state index is 0.187. The van der Waals surface area contributed by atoms with Gasteiger partial charge in [0.25, 0.3) is 0 Å². The molecule has 1 atom stereocenters. The molecular formula is C23H30ClN3O4S. The minimum atomic E-state index is -3.78. The number of nitrogens with zero attached hydrogens (tertiary/aromatic N) is 2. The predicted octanol–water partition coefficient (Wildman–Crippen LogP) is 3.36. The van der Waals surface area contributed by atoms with Crippen LogP contribution in [0.4, 0.5) is 5.69 Å². The smallest absolute Gasteiger partial charge is 0.244 e. The van der Waals surface area contributed by atoms with E-state index in [0.29, 0.717) is 29.2 Å². The molecule has 0 saturated heterocycles. The second-order valence-electron chi connectivity index (χ2n) is 7.53. The van der Waals surface area contributed by atoms with Crippen LogP contribution in [0.15, 0.2) is 48.5 Å². The highest BCUT2D eigenvalue weighted by Crippen LogP contribution is 2.26. The lowest BCUT2D eigenvalue weighted by Crippen LogP contribution is -2.52. The number of likely N-dealkylation sites (N-methyl/N-ethyl adjacent to an activating group) is 1. The fraction of sp³-hybridized carbons (Fsp3) is 0.391. The van der Waals surface area contributed by atoms with E-state index in [0.717, 1.165) is 16.1 Å². The van der Waals surface area contributed by atoms with E-state index in [4.69, 9.17) is 11.6 Å². The van der Waals surface area contributed by atoms with Crippen LogP contribution in [0.5, 0.6) is 0 Å². The third-order valence-electron chi connectivity index (χ3n) is 5.04. The lowest BCUT2D eigenvalue weighted by Gasteiger charge is -2.33. The summed E-state index contributed by atoms with van der Waals surface area (Å²) in [7, 11) is -3.78. The van der Waals surface area contributed by atoms with Gasteiger partial charge in [0.2, 0.25) is 21.8 Å². The van der Waals surface area contributed by atoms with Gasteiger partial charge in [-0.2, -0.15) is 0 Å². The highest BCUT2D eigenvalue weighted by molar-refractivity contribution is 7.92. The normalized spacial score (nSPS) is 12.2. The van der Waals surface area contributed by atoms with Crippen LogP contribution < -0.4 is 9.62 Å². The van der Waals surface area contributed by atoms with Crippen LogP contribution in [-0.2, 0) is 26.2 Å². The quantitative estimate of drug-likeness (QED) is 0.566. The number of hydrogen-bond acceptors (Lipinski definition) is 4. The van der Waals surface area contributed by atoms with Gasteiger partial charge in [0.15, 0.2) is 0 Å². The molecule has 9 heteroatoms. The lowest BCUT2D eigenvalue weighted by molar-refractivity contribution is -0.140. The number of nitrogens with one attached hydrogen (secondary N) is 1. The van der Waals surface area contributed by atoms with Crippen molar-refractivity contribution in [2.75, 3.05) is 23.7 Å². The molecule has 1 unspecified atom stereocenters. The van der Waals surface area contributed by atoms with Crippen LogP contribution >= 0.6 is 11.6 Å². The molecule has 1 N–H and O–H groups in total. The number of benzene rings is 2. The van der Waals surface area contributed by atoms with Gasteiger partial charge in [0.1, 0.15) is 12.6 Å². The van der Waals surface area contributed by atoms with E-state index >= 15 is 0 Å². The van der Waals surface area contributed by atoms with Crippen molar-refractivity contribution in [2.45, 2.75) is 39.8 Å². The van der Waals surface area contributed by atoms with Crippen molar-refractivity contribution in [2.24, 2.45) is 0 Å². The molecule has 2 aromatic carbocycles. The largest absolute Gasteiger partial charge is 0.355 e. The average molecular weight is 480 g/mol. The van der Waals surface area contributed by atoms with Gasteiger partial charge in [-0.05, 0) is 49.6 Å². The molecule has 7 nitrogen and oxygen atoms in total. The van der Waals surface area contributed by atoms with Crippen molar-refractivity contribution in [1.29, 1.82) is 0 Å². The first kappa shape index (κ1) is 25.7. The SMILES string of the molecule is CCNC(=O)C(CC)N(Cc1ccccc1)C(=O)CN(c1ccc(Cl)cc1C)S(C)(=O)=O. The second-order valence-corrected chi connectivity index (χ2v) is 9.87. The maximum absolute atomic E-state index is 13.5. The van der Waals surface area contributed by atoms with Gasteiger partial charge in [0.05, 0.1) is 11.9 Å². The van der Waals surface area contributed by atoms with Crippen molar-refractivity contribution in [1.82, 2.24) is 10.2 Å². The monoisotopic (exact) mass is 479 g/mol. The first-order valence-electron chi connectivity index (χ1n) is 10.4. The van der Waals surface area contributed by atoms with Gasteiger partial charge in [0, 0.05) is 18.1 Å². The Morgan fingerprint density at radius 1 is 1.09 bits per heavy atom. The first-order valence-corrected chi connectivity index (χ1v) is 12.7. The fourth-order valence-corrected chi connectivity index (χ4v) is 4.62. The molecule has 2 aromatic rings. The molecule has 2 amide bonds. The van der Waals surface area contributed by atoms with Crippen LogP contribution in [0.2, 0.25) is 5.02 Å². The molecule has 0 fully saturated rings. The van der Waals surface area contributed by atoms with Gasteiger partial charge < -0.3 is 10.2 Å². The summed E-state index contributed by atoms with van der Waals surface area (Å²) in [6.45, 7) is 5.55. The molecule has 0 aliphatic heterocycles. The maximum Gasteiger partial charge on any atom is 0.244 e. The molecule has 0 saturated carbocycles. The molecule has 32 heavy (non-hydrogen) atoms. The first-order chi connectivity index (χ1) is 15.1. The van der Waals surface area contributed by atoms with Crippen molar-refractivity contribution in [3.63, 3.8) is 0 Å². The van der Waals surface area contributed by atoms with Gasteiger partial charge in [-0.3, -0.25) is 13.9 Å². The van der Waals surface area contributed by atoms with Crippen molar-refractivity contribution in [3.05, 3.63) is 64.7 Å². The van der Waals surface area contributed by atoms with Crippen molar-refractivity contribution in [3.8, 4) is 0 Å². The standard InChI is InChI=1S/C23H30ClN3O4S/c1-5-20(23(29)25-6-2)26(15-18-10-8-7-9-11-18)22(28)16-27(32(4,30)31)21-13-12-19(24)14-17(21)3/h7-14,20H,5-6,15-16H2,1-4H3,(H,25,29). The Bertz CT molecular complexity index is 1040. The number of anilines is 1. The fourth-order valence-electron chi connectivity index (χ4n) is 3.49. The summed E-state index contributed by atoms with van der Waals surface area (Å²) in [5, 5.41) is 3.24. The number of rotatable bonds is 10. The maximum atomic E-state index is 13.5. The van der Waals surface area contributed by atoms with E-state index in [1.807, 2.05) is 44.2 Å². The zero-order chi connectivity index (χ0) is 23.9. The Morgan fingerprint density at radius 3 is 2.28 bits per heavy atom. The van der Waals surface area contributed by atoms with E-state index in [-0.39, 0.29) is 12.5 Å². The van der Waals surface area contributed by atoms with Crippen molar-refractivity contribution >= 4 is 39.1 Å². The highest BCUT2D eigenvalue weighted by Gasteiger charge is 2.31. The molecule has 0 aliphatic rings. The van der Waals surface area contributed by atoms with Crippen LogP contribution in [0, 0.1) is 6.92 Å². The molecule has 0 aromatic heterocycles. The van der Waals surface area contributed by atoms with Gasteiger partial charge >= 0.3 is 0 Å². The van der Waals surface area contributed by atoms with Crippen molar-refractivity contribution < 1.29 is 18.0 Å². The van der Waals surface area contributed by atoms with Crippen LogP contribution in [-0.4, -0.2) is 50.5 Å². The summed E-state index contributed by atoms with van der Waals surface area (Å²) in [4.78, 5) is 27.6. The van der Waals surface area contributed by atoms with E-state index in [2.05, 4.69) is 5.32 Å². The molecule has 2 rings (SSSR count). The summed E-state index contributed by atoms with van der Waals surface area (Å²) < 4.78 is 26.3. The summed E-state index contributed by atoms with van der Waals surface area (Å²) in [5.41, 5.74) is 1.84. The number of amides is 2. The number of carbonyl (C=O) groups excluding carboxylic acids is 2. The summed E-state index contributed by atoms with van der Waals surface area (Å²) >= 11 is 6.02. The Kier molecular flexibility index (Phi) is 9.09. The molecule has 0 heterocycles.